The third-order valence-electron chi connectivity index (χ3n) is 2.81. The Bertz CT molecular complexity index is 630. The molecule has 0 bridgehead atoms. The predicted octanol–water partition coefficient (Wildman–Crippen LogP) is 3.89. The molecule has 0 saturated heterocycles. The Morgan fingerprint density at radius 1 is 1.25 bits per heavy atom. The summed E-state index contributed by atoms with van der Waals surface area (Å²) in [6.07, 6.45) is 0.727. The molecule has 20 heavy (non-hydrogen) atoms. The Balaban J connectivity index is 2.11. The standard InChI is InChI=1S/C15H15BrN2O2/c1-3-12(11-6-4-10(2)5-7-11)17-18-15(19)13-8-9-14(16)20-13/h4-9H,3H2,1-2H3,(H,18,19)/b17-12+. The lowest BCUT2D eigenvalue weighted by atomic mass is 10.1. The third-order valence-corrected chi connectivity index (χ3v) is 3.24. The monoisotopic (exact) mass is 334 g/mol. The zero-order valence-corrected chi connectivity index (χ0v) is 12.9. The summed E-state index contributed by atoms with van der Waals surface area (Å²) in [5, 5.41) is 4.17. The lowest BCUT2D eigenvalue weighted by Gasteiger charge is -2.05. The Kier molecular flexibility index (Phi) is 4.74. The Hall–Kier alpha value is -1.88. The number of benzene rings is 1. The SMILES string of the molecule is CC/C(=N\NC(=O)c1ccc(Br)o1)c1ccc(C)cc1. The summed E-state index contributed by atoms with van der Waals surface area (Å²) in [4.78, 5) is 11.8. The van der Waals surface area contributed by atoms with Crippen LogP contribution >= 0.6 is 15.9 Å². The smallest absolute Gasteiger partial charge is 0.307 e. The van der Waals surface area contributed by atoms with E-state index in [1.807, 2.05) is 38.1 Å². The fourth-order valence-electron chi connectivity index (χ4n) is 1.70. The molecule has 0 aliphatic heterocycles. The second-order valence-electron chi connectivity index (χ2n) is 4.32. The highest BCUT2D eigenvalue weighted by atomic mass is 79.9. The van der Waals surface area contributed by atoms with E-state index in [0.717, 1.165) is 17.7 Å². The van der Waals surface area contributed by atoms with Crippen molar-refractivity contribution in [2.24, 2.45) is 5.10 Å². The quantitative estimate of drug-likeness (QED) is 0.681. The van der Waals surface area contributed by atoms with Gasteiger partial charge in [0, 0.05) is 0 Å². The number of amides is 1. The van der Waals surface area contributed by atoms with Crippen LogP contribution in [0.2, 0.25) is 0 Å². The van der Waals surface area contributed by atoms with Gasteiger partial charge in [0.25, 0.3) is 0 Å². The first-order chi connectivity index (χ1) is 9.60. The molecule has 0 unspecified atom stereocenters. The molecule has 0 spiro atoms. The number of hydrogen-bond donors (Lipinski definition) is 1. The molecule has 0 atom stereocenters. The molecule has 1 heterocycles. The number of halogens is 1. The first kappa shape index (κ1) is 14.5. The highest BCUT2D eigenvalue weighted by Crippen LogP contribution is 2.14. The van der Waals surface area contributed by atoms with E-state index in [-0.39, 0.29) is 11.7 Å². The van der Waals surface area contributed by atoms with Crippen LogP contribution in [0, 0.1) is 6.92 Å². The van der Waals surface area contributed by atoms with Gasteiger partial charge in [0.2, 0.25) is 0 Å². The minimum atomic E-state index is -0.367. The van der Waals surface area contributed by atoms with E-state index in [4.69, 9.17) is 4.42 Å². The minimum absolute atomic E-state index is 0.222. The largest absolute Gasteiger partial charge is 0.444 e. The molecule has 0 aliphatic rings. The molecular formula is C15H15BrN2O2. The van der Waals surface area contributed by atoms with Gasteiger partial charge in [0.1, 0.15) is 0 Å². The average Bonchev–Trinajstić information content (AvgIpc) is 2.88. The topological polar surface area (TPSA) is 54.6 Å². The summed E-state index contributed by atoms with van der Waals surface area (Å²) in [6.45, 7) is 4.03. The number of nitrogens with zero attached hydrogens (tertiary/aromatic N) is 1. The van der Waals surface area contributed by atoms with Crippen LogP contribution in [0.15, 0.2) is 50.6 Å². The first-order valence-electron chi connectivity index (χ1n) is 6.29. The highest BCUT2D eigenvalue weighted by molar-refractivity contribution is 9.10. The van der Waals surface area contributed by atoms with Gasteiger partial charge in [-0.1, -0.05) is 36.8 Å². The van der Waals surface area contributed by atoms with E-state index < -0.39 is 0 Å². The normalized spacial score (nSPS) is 11.4. The van der Waals surface area contributed by atoms with E-state index in [9.17, 15) is 4.79 Å². The molecule has 1 aromatic heterocycles. The fourth-order valence-corrected chi connectivity index (χ4v) is 2.01. The van der Waals surface area contributed by atoms with Crippen molar-refractivity contribution in [3.8, 4) is 0 Å². The Morgan fingerprint density at radius 2 is 1.95 bits per heavy atom. The molecule has 2 rings (SSSR count). The number of furan rings is 1. The van der Waals surface area contributed by atoms with Crippen LogP contribution in [-0.4, -0.2) is 11.6 Å². The first-order valence-corrected chi connectivity index (χ1v) is 7.08. The second kappa shape index (κ2) is 6.52. The Labute approximate surface area is 126 Å². The fraction of sp³-hybridized carbons (Fsp3) is 0.200. The highest BCUT2D eigenvalue weighted by Gasteiger charge is 2.10. The van der Waals surface area contributed by atoms with Crippen LogP contribution in [0.25, 0.3) is 0 Å². The lowest BCUT2D eigenvalue weighted by Crippen LogP contribution is -2.19. The van der Waals surface area contributed by atoms with Gasteiger partial charge in [-0.25, -0.2) is 5.43 Å². The molecule has 1 N–H and O–H groups in total. The molecule has 0 saturated carbocycles. The zero-order valence-electron chi connectivity index (χ0n) is 11.3. The number of carbonyl (C=O) groups is 1. The molecule has 2 aromatic rings. The van der Waals surface area contributed by atoms with Crippen molar-refractivity contribution < 1.29 is 9.21 Å². The van der Waals surface area contributed by atoms with E-state index in [2.05, 4.69) is 26.5 Å². The van der Waals surface area contributed by atoms with Crippen molar-refractivity contribution in [3.05, 3.63) is 58.0 Å². The van der Waals surface area contributed by atoms with Crippen molar-refractivity contribution in [2.45, 2.75) is 20.3 Å². The summed E-state index contributed by atoms with van der Waals surface area (Å²) in [5.41, 5.74) is 5.52. The maximum Gasteiger partial charge on any atom is 0.307 e. The summed E-state index contributed by atoms with van der Waals surface area (Å²) < 4.78 is 5.68. The zero-order chi connectivity index (χ0) is 14.5. The summed E-state index contributed by atoms with van der Waals surface area (Å²) in [5.74, 6) is -0.145. The molecule has 104 valence electrons. The van der Waals surface area contributed by atoms with Crippen LogP contribution in [0.4, 0.5) is 0 Å². The molecule has 0 aliphatic carbocycles. The van der Waals surface area contributed by atoms with Crippen molar-refractivity contribution in [1.82, 2.24) is 5.43 Å². The lowest BCUT2D eigenvalue weighted by molar-refractivity contribution is 0.0926. The van der Waals surface area contributed by atoms with Gasteiger partial charge in [-0.3, -0.25) is 4.79 Å². The third kappa shape index (κ3) is 3.57. The van der Waals surface area contributed by atoms with Gasteiger partial charge < -0.3 is 4.42 Å². The van der Waals surface area contributed by atoms with Gasteiger partial charge in [-0.15, -0.1) is 0 Å². The van der Waals surface area contributed by atoms with E-state index in [1.165, 1.54) is 5.56 Å². The molecule has 1 aromatic carbocycles. The van der Waals surface area contributed by atoms with Crippen LogP contribution in [0.1, 0.15) is 35.0 Å². The molecule has 0 fully saturated rings. The van der Waals surface area contributed by atoms with Gasteiger partial charge in [0.05, 0.1) is 5.71 Å². The number of hydrazone groups is 1. The van der Waals surface area contributed by atoms with Crippen LogP contribution in [0.3, 0.4) is 0 Å². The summed E-state index contributed by atoms with van der Waals surface area (Å²) in [7, 11) is 0. The van der Waals surface area contributed by atoms with Crippen LogP contribution in [-0.2, 0) is 0 Å². The summed E-state index contributed by atoms with van der Waals surface area (Å²) in [6, 6.07) is 11.3. The summed E-state index contributed by atoms with van der Waals surface area (Å²) >= 11 is 3.16. The molecule has 4 nitrogen and oxygen atoms in total. The number of nitrogens with one attached hydrogen (secondary N) is 1. The van der Waals surface area contributed by atoms with Crippen LogP contribution in [0.5, 0.6) is 0 Å². The number of carbonyl (C=O) groups excluding carboxylic acids is 1. The van der Waals surface area contributed by atoms with Crippen molar-refractivity contribution in [2.75, 3.05) is 0 Å². The molecule has 1 amide bonds. The van der Waals surface area contributed by atoms with Crippen molar-refractivity contribution in [3.63, 3.8) is 0 Å². The Morgan fingerprint density at radius 3 is 2.50 bits per heavy atom. The van der Waals surface area contributed by atoms with E-state index in [0.29, 0.717) is 4.67 Å². The van der Waals surface area contributed by atoms with E-state index >= 15 is 0 Å². The predicted molar refractivity (Wildman–Crippen MR) is 81.9 cm³/mol. The number of rotatable bonds is 4. The van der Waals surface area contributed by atoms with E-state index in [1.54, 1.807) is 12.1 Å². The van der Waals surface area contributed by atoms with Gasteiger partial charge in [0.15, 0.2) is 10.4 Å². The van der Waals surface area contributed by atoms with Crippen molar-refractivity contribution in [1.29, 1.82) is 0 Å². The van der Waals surface area contributed by atoms with Gasteiger partial charge in [-0.2, -0.15) is 5.10 Å². The van der Waals surface area contributed by atoms with Gasteiger partial charge >= 0.3 is 5.91 Å². The minimum Gasteiger partial charge on any atom is -0.444 e. The average molecular weight is 335 g/mol. The maximum absolute atomic E-state index is 11.8. The van der Waals surface area contributed by atoms with Crippen molar-refractivity contribution >= 4 is 27.5 Å². The molecular weight excluding hydrogens is 320 g/mol. The second-order valence-corrected chi connectivity index (χ2v) is 5.10. The number of hydrogen-bond acceptors (Lipinski definition) is 3. The van der Waals surface area contributed by atoms with Crippen LogP contribution < -0.4 is 5.43 Å². The van der Waals surface area contributed by atoms with Gasteiger partial charge in [-0.05, 0) is 47.0 Å². The maximum atomic E-state index is 11.8. The number of aryl methyl sites for hydroxylation is 1. The molecule has 5 heteroatoms. The molecule has 0 radical (unpaired) electrons.